The third-order valence-corrected chi connectivity index (χ3v) is 2.93. The van der Waals surface area contributed by atoms with E-state index in [-0.39, 0.29) is 11.7 Å². The average Bonchev–Trinajstić information content (AvgIpc) is 2.59. The second-order valence-corrected chi connectivity index (χ2v) is 4.83. The molecule has 0 radical (unpaired) electrons. The van der Waals surface area contributed by atoms with Crippen LogP contribution in [-0.4, -0.2) is 10.8 Å². The monoisotopic (exact) mass is 265 g/mol. The van der Waals surface area contributed by atoms with E-state index in [9.17, 15) is 4.79 Å². The van der Waals surface area contributed by atoms with Gasteiger partial charge in [-0.2, -0.15) is 0 Å². The highest BCUT2D eigenvalue weighted by molar-refractivity contribution is 9.10. The molecule has 2 nitrogen and oxygen atoms in total. The molecule has 1 N–H and O–H groups in total. The number of Topliss-reactive ketones (excluding diaryl/α,β-unsaturated/α-hetero) is 1. The Morgan fingerprint density at radius 2 is 2.13 bits per heavy atom. The van der Waals surface area contributed by atoms with Crippen LogP contribution in [0.1, 0.15) is 24.2 Å². The van der Waals surface area contributed by atoms with Gasteiger partial charge in [0.1, 0.15) is 0 Å². The molecule has 0 atom stereocenters. The number of nitrogens with one attached hydrogen (secondary N) is 1. The summed E-state index contributed by atoms with van der Waals surface area (Å²) in [5, 5.41) is 0.989. The fourth-order valence-electron chi connectivity index (χ4n) is 1.61. The van der Waals surface area contributed by atoms with E-state index >= 15 is 0 Å². The van der Waals surface area contributed by atoms with E-state index in [0.717, 1.165) is 20.9 Å². The Kier molecular flexibility index (Phi) is 2.65. The van der Waals surface area contributed by atoms with Gasteiger partial charge in [-0.1, -0.05) is 29.8 Å². The van der Waals surface area contributed by atoms with Gasteiger partial charge >= 0.3 is 0 Å². The van der Waals surface area contributed by atoms with Crippen molar-refractivity contribution in [1.82, 2.24) is 4.98 Å². The lowest BCUT2D eigenvalue weighted by atomic mass is 10.0. The Hall–Kier alpha value is -1.09. The fraction of sp³-hybridized carbons (Fsp3) is 0.250. The molecule has 3 heteroatoms. The van der Waals surface area contributed by atoms with Crippen molar-refractivity contribution < 1.29 is 4.79 Å². The van der Waals surface area contributed by atoms with Crippen LogP contribution in [-0.2, 0) is 0 Å². The Balaban J connectivity index is 2.62. The first-order chi connectivity index (χ1) is 7.09. The molecule has 0 aliphatic rings. The molecule has 78 valence electrons. The lowest BCUT2D eigenvalue weighted by molar-refractivity contribution is 0.0941. The first-order valence-corrected chi connectivity index (χ1v) is 5.69. The topological polar surface area (TPSA) is 32.9 Å². The van der Waals surface area contributed by atoms with Crippen LogP contribution in [0.3, 0.4) is 0 Å². The Bertz CT molecular complexity index is 513. The maximum Gasteiger partial charge on any atom is 0.167 e. The van der Waals surface area contributed by atoms with Crippen LogP contribution in [0.4, 0.5) is 0 Å². The van der Waals surface area contributed by atoms with E-state index in [1.165, 1.54) is 0 Å². The first-order valence-electron chi connectivity index (χ1n) is 4.90. The molecule has 0 aliphatic carbocycles. The number of aromatic amines is 1. The number of fused-ring (bicyclic) bond motifs is 1. The molecule has 0 fully saturated rings. The lowest BCUT2D eigenvalue weighted by Gasteiger charge is -2.02. The lowest BCUT2D eigenvalue weighted by Crippen LogP contribution is -2.06. The molecule has 2 rings (SSSR count). The van der Waals surface area contributed by atoms with Crippen molar-refractivity contribution in [2.24, 2.45) is 5.92 Å². The van der Waals surface area contributed by atoms with Gasteiger partial charge in [-0.15, -0.1) is 0 Å². The number of aromatic nitrogens is 1. The summed E-state index contributed by atoms with van der Waals surface area (Å²) in [5.74, 6) is 0.210. The second kappa shape index (κ2) is 3.81. The van der Waals surface area contributed by atoms with Gasteiger partial charge in [-0.05, 0) is 18.2 Å². The zero-order valence-electron chi connectivity index (χ0n) is 8.67. The third-order valence-electron chi connectivity index (χ3n) is 2.43. The van der Waals surface area contributed by atoms with Crippen LogP contribution in [0.25, 0.3) is 10.9 Å². The highest BCUT2D eigenvalue weighted by Crippen LogP contribution is 2.24. The summed E-state index contributed by atoms with van der Waals surface area (Å²) >= 11 is 3.41. The fourth-order valence-corrected chi connectivity index (χ4v) is 1.97. The van der Waals surface area contributed by atoms with Crippen LogP contribution in [0.15, 0.2) is 28.9 Å². The maximum atomic E-state index is 11.9. The average molecular weight is 266 g/mol. The standard InChI is InChI=1S/C12H12BrNO/c1-7(2)12(15)10-6-14-11-4-3-8(13)5-9(10)11/h3-7,14H,1-2H3. The normalized spacial score (nSPS) is 11.2. The zero-order chi connectivity index (χ0) is 11.0. The number of halogens is 1. The summed E-state index contributed by atoms with van der Waals surface area (Å²) in [6.45, 7) is 3.83. The molecule has 0 bridgehead atoms. The van der Waals surface area contributed by atoms with Crippen molar-refractivity contribution in [1.29, 1.82) is 0 Å². The minimum atomic E-state index is 0.0305. The van der Waals surface area contributed by atoms with Crippen molar-refractivity contribution in [3.63, 3.8) is 0 Å². The predicted molar refractivity (Wildman–Crippen MR) is 65.2 cm³/mol. The van der Waals surface area contributed by atoms with Crippen molar-refractivity contribution in [2.45, 2.75) is 13.8 Å². The van der Waals surface area contributed by atoms with Gasteiger partial charge in [0.15, 0.2) is 5.78 Å². The summed E-state index contributed by atoms with van der Waals surface area (Å²) < 4.78 is 0.993. The number of carbonyl (C=O) groups excluding carboxylic acids is 1. The minimum Gasteiger partial charge on any atom is -0.360 e. The highest BCUT2D eigenvalue weighted by Gasteiger charge is 2.14. The molecule has 0 spiro atoms. The maximum absolute atomic E-state index is 11.9. The molecule has 1 aromatic heterocycles. The molecule has 1 aromatic carbocycles. The number of ketones is 1. The Labute approximate surface area is 96.8 Å². The number of H-pyrrole nitrogens is 1. The van der Waals surface area contributed by atoms with E-state index in [1.807, 2.05) is 32.0 Å². The van der Waals surface area contributed by atoms with Crippen molar-refractivity contribution in [3.05, 3.63) is 34.4 Å². The van der Waals surface area contributed by atoms with Crippen molar-refractivity contribution in [2.75, 3.05) is 0 Å². The third kappa shape index (κ3) is 1.84. The molecule has 0 amide bonds. The quantitative estimate of drug-likeness (QED) is 0.824. The molecule has 2 aromatic rings. The van der Waals surface area contributed by atoms with Crippen molar-refractivity contribution in [3.8, 4) is 0 Å². The van der Waals surface area contributed by atoms with Gasteiger partial charge in [0.2, 0.25) is 0 Å². The minimum absolute atomic E-state index is 0.0305. The van der Waals surface area contributed by atoms with E-state index in [0.29, 0.717) is 0 Å². The highest BCUT2D eigenvalue weighted by atomic mass is 79.9. The van der Waals surface area contributed by atoms with Crippen LogP contribution < -0.4 is 0 Å². The molecule has 0 aliphatic heterocycles. The predicted octanol–water partition coefficient (Wildman–Crippen LogP) is 3.77. The Morgan fingerprint density at radius 3 is 2.80 bits per heavy atom. The largest absolute Gasteiger partial charge is 0.360 e. The number of hydrogen-bond donors (Lipinski definition) is 1. The van der Waals surface area contributed by atoms with Gasteiger partial charge < -0.3 is 4.98 Å². The molecule has 0 unspecified atom stereocenters. The summed E-state index contributed by atoms with van der Waals surface area (Å²) in [7, 11) is 0. The summed E-state index contributed by atoms with van der Waals surface area (Å²) in [6.07, 6.45) is 1.79. The molecular formula is C12H12BrNO. The number of rotatable bonds is 2. The number of hydrogen-bond acceptors (Lipinski definition) is 1. The molecule has 0 saturated carbocycles. The van der Waals surface area contributed by atoms with E-state index < -0.39 is 0 Å². The number of benzene rings is 1. The van der Waals surface area contributed by atoms with Crippen LogP contribution >= 0.6 is 15.9 Å². The number of carbonyl (C=O) groups is 1. The van der Waals surface area contributed by atoms with Gasteiger partial charge in [-0.3, -0.25) is 4.79 Å². The van der Waals surface area contributed by atoms with E-state index in [1.54, 1.807) is 6.20 Å². The van der Waals surface area contributed by atoms with Crippen LogP contribution in [0, 0.1) is 5.92 Å². The van der Waals surface area contributed by atoms with E-state index in [2.05, 4.69) is 20.9 Å². The second-order valence-electron chi connectivity index (χ2n) is 3.91. The Morgan fingerprint density at radius 1 is 1.40 bits per heavy atom. The summed E-state index contributed by atoms with van der Waals surface area (Å²) in [6, 6.07) is 5.90. The first kappa shape index (κ1) is 10.4. The summed E-state index contributed by atoms with van der Waals surface area (Å²) in [4.78, 5) is 15.0. The summed E-state index contributed by atoms with van der Waals surface area (Å²) in [5.41, 5.74) is 1.78. The molecule has 0 saturated heterocycles. The smallest absolute Gasteiger partial charge is 0.167 e. The van der Waals surface area contributed by atoms with Gasteiger partial charge in [0, 0.05) is 33.1 Å². The van der Waals surface area contributed by atoms with E-state index in [4.69, 9.17) is 0 Å². The van der Waals surface area contributed by atoms with Crippen LogP contribution in [0.5, 0.6) is 0 Å². The molecular weight excluding hydrogens is 254 g/mol. The zero-order valence-corrected chi connectivity index (χ0v) is 10.3. The van der Waals surface area contributed by atoms with Gasteiger partial charge in [0.05, 0.1) is 0 Å². The SMILES string of the molecule is CC(C)C(=O)c1c[nH]c2ccc(Br)cc12. The molecule has 15 heavy (non-hydrogen) atoms. The van der Waals surface area contributed by atoms with Gasteiger partial charge in [-0.25, -0.2) is 0 Å². The molecule has 1 heterocycles. The van der Waals surface area contributed by atoms with Gasteiger partial charge in [0.25, 0.3) is 0 Å². The van der Waals surface area contributed by atoms with Crippen LogP contribution in [0.2, 0.25) is 0 Å². The van der Waals surface area contributed by atoms with Crippen molar-refractivity contribution >= 4 is 32.6 Å².